The summed E-state index contributed by atoms with van der Waals surface area (Å²) in [5.74, 6) is 0.730. The number of hydrogen-bond acceptors (Lipinski definition) is 4. The molecule has 1 fully saturated rings. The van der Waals surface area contributed by atoms with E-state index in [1.165, 1.54) is 0 Å². The summed E-state index contributed by atoms with van der Waals surface area (Å²) in [6.07, 6.45) is 2.60. The lowest BCUT2D eigenvalue weighted by Crippen LogP contribution is -2.45. The van der Waals surface area contributed by atoms with Gasteiger partial charge in [0.15, 0.2) is 0 Å². The summed E-state index contributed by atoms with van der Waals surface area (Å²) in [6, 6.07) is 14.2. The van der Waals surface area contributed by atoms with Crippen LogP contribution in [0.15, 0.2) is 53.1 Å². The number of carbonyl (C=O) groups is 1. The summed E-state index contributed by atoms with van der Waals surface area (Å²) in [7, 11) is 0. The van der Waals surface area contributed by atoms with Crippen molar-refractivity contribution in [3.63, 3.8) is 0 Å². The van der Waals surface area contributed by atoms with Crippen LogP contribution in [-0.4, -0.2) is 24.0 Å². The molecule has 0 bridgehead atoms. The molecule has 2 atom stereocenters. The van der Waals surface area contributed by atoms with Gasteiger partial charge in [0.1, 0.15) is 12.4 Å². The summed E-state index contributed by atoms with van der Waals surface area (Å²) >= 11 is 0. The van der Waals surface area contributed by atoms with Crippen LogP contribution >= 0.6 is 0 Å². The summed E-state index contributed by atoms with van der Waals surface area (Å²) < 4.78 is 11.1. The quantitative estimate of drug-likeness (QED) is 0.783. The van der Waals surface area contributed by atoms with Crippen LogP contribution in [0.25, 0.3) is 0 Å². The molecule has 3 rings (SSSR count). The zero-order valence-electron chi connectivity index (χ0n) is 14.6. The Morgan fingerprint density at radius 3 is 2.54 bits per heavy atom. The first-order chi connectivity index (χ1) is 11.4. The molecule has 0 spiro atoms. The predicted octanol–water partition coefficient (Wildman–Crippen LogP) is 4.36. The lowest BCUT2D eigenvalue weighted by Gasteiger charge is -2.41. The van der Waals surface area contributed by atoms with E-state index in [1.54, 1.807) is 6.26 Å². The van der Waals surface area contributed by atoms with Crippen LogP contribution in [0.3, 0.4) is 0 Å². The van der Waals surface area contributed by atoms with E-state index >= 15 is 0 Å². The summed E-state index contributed by atoms with van der Waals surface area (Å²) in [6.45, 7) is 7.29. The Hall–Kier alpha value is -2.07. The maximum absolute atomic E-state index is 12.0. The van der Waals surface area contributed by atoms with E-state index in [1.807, 2.05) is 30.3 Å². The first kappa shape index (κ1) is 16.8. The lowest BCUT2D eigenvalue weighted by molar-refractivity contribution is -0.158. The average Bonchev–Trinajstić information content (AvgIpc) is 3.07. The van der Waals surface area contributed by atoms with Crippen LogP contribution in [0.4, 0.5) is 0 Å². The minimum Gasteiger partial charge on any atom is -0.468 e. The van der Waals surface area contributed by atoms with E-state index in [0.29, 0.717) is 6.61 Å². The highest BCUT2D eigenvalue weighted by Gasteiger charge is 2.37. The Morgan fingerprint density at radius 2 is 1.92 bits per heavy atom. The van der Waals surface area contributed by atoms with Crippen LogP contribution in [-0.2, 0) is 9.53 Å². The number of carbonyl (C=O) groups excluding carboxylic acids is 1. The highest BCUT2D eigenvalue weighted by Crippen LogP contribution is 2.40. The average molecular weight is 327 g/mol. The van der Waals surface area contributed by atoms with Crippen molar-refractivity contribution in [2.45, 2.75) is 39.3 Å². The number of hydrogen-bond donors (Lipinski definition) is 0. The van der Waals surface area contributed by atoms with Crippen molar-refractivity contribution in [1.82, 2.24) is 4.90 Å². The molecule has 1 aromatic heterocycles. The third-order valence-corrected chi connectivity index (χ3v) is 4.38. The van der Waals surface area contributed by atoms with Crippen molar-refractivity contribution in [2.75, 3.05) is 13.2 Å². The molecule has 4 heteroatoms. The normalized spacial score (nSPS) is 20.6. The molecule has 1 saturated heterocycles. The van der Waals surface area contributed by atoms with E-state index in [9.17, 15) is 4.79 Å². The number of ether oxygens (including phenoxy) is 1. The highest BCUT2D eigenvalue weighted by atomic mass is 16.5. The molecule has 1 aliphatic rings. The summed E-state index contributed by atoms with van der Waals surface area (Å²) in [5, 5.41) is 0. The molecule has 2 heterocycles. The van der Waals surface area contributed by atoms with Gasteiger partial charge in [0, 0.05) is 0 Å². The SMILES string of the molecule is CC(C)(C)C[C@H](c1ccco1)N1CC(=O)OC[C@@H]1c1ccccc1. The number of morpholine rings is 1. The van der Waals surface area contributed by atoms with Crippen LogP contribution in [0.5, 0.6) is 0 Å². The van der Waals surface area contributed by atoms with Gasteiger partial charge < -0.3 is 9.15 Å². The molecule has 4 nitrogen and oxygen atoms in total. The zero-order valence-corrected chi connectivity index (χ0v) is 14.6. The van der Waals surface area contributed by atoms with Crippen LogP contribution < -0.4 is 0 Å². The Balaban J connectivity index is 1.96. The van der Waals surface area contributed by atoms with Crippen molar-refractivity contribution in [3.8, 4) is 0 Å². The van der Waals surface area contributed by atoms with Gasteiger partial charge >= 0.3 is 5.97 Å². The van der Waals surface area contributed by atoms with Crippen LogP contribution in [0.2, 0.25) is 0 Å². The first-order valence-electron chi connectivity index (χ1n) is 8.44. The number of esters is 1. The van der Waals surface area contributed by atoms with Gasteiger partial charge in [0.2, 0.25) is 0 Å². The molecule has 0 unspecified atom stereocenters. The number of nitrogens with zero attached hydrogens (tertiary/aromatic N) is 1. The van der Waals surface area contributed by atoms with Gasteiger partial charge in [0.05, 0.1) is 24.9 Å². The first-order valence-corrected chi connectivity index (χ1v) is 8.44. The zero-order chi connectivity index (χ0) is 17.2. The van der Waals surface area contributed by atoms with Gasteiger partial charge in [-0.05, 0) is 29.5 Å². The van der Waals surface area contributed by atoms with Crippen molar-refractivity contribution in [2.24, 2.45) is 5.41 Å². The van der Waals surface area contributed by atoms with Gasteiger partial charge in [-0.25, -0.2) is 0 Å². The van der Waals surface area contributed by atoms with Crippen molar-refractivity contribution >= 4 is 5.97 Å². The molecule has 0 radical (unpaired) electrons. The second kappa shape index (κ2) is 6.81. The number of cyclic esters (lactones) is 1. The van der Waals surface area contributed by atoms with Crippen LogP contribution in [0.1, 0.15) is 50.6 Å². The number of benzene rings is 1. The predicted molar refractivity (Wildman–Crippen MR) is 92.4 cm³/mol. The molecule has 2 aromatic rings. The van der Waals surface area contributed by atoms with E-state index < -0.39 is 0 Å². The van der Waals surface area contributed by atoms with Gasteiger partial charge in [-0.1, -0.05) is 51.1 Å². The van der Waals surface area contributed by atoms with Crippen molar-refractivity contribution in [3.05, 3.63) is 60.1 Å². The minimum atomic E-state index is -0.173. The smallest absolute Gasteiger partial charge is 0.320 e. The van der Waals surface area contributed by atoms with E-state index in [0.717, 1.165) is 17.7 Å². The third-order valence-electron chi connectivity index (χ3n) is 4.38. The van der Waals surface area contributed by atoms with E-state index in [4.69, 9.17) is 9.15 Å². The Bertz CT molecular complexity index is 658. The van der Waals surface area contributed by atoms with Crippen LogP contribution in [0, 0.1) is 5.41 Å². The molecule has 1 aromatic carbocycles. The minimum absolute atomic E-state index is 0.0399. The monoisotopic (exact) mass is 327 g/mol. The Morgan fingerprint density at radius 1 is 1.17 bits per heavy atom. The fourth-order valence-electron chi connectivity index (χ4n) is 3.31. The fourth-order valence-corrected chi connectivity index (χ4v) is 3.31. The van der Waals surface area contributed by atoms with E-state index in [2.05, 4.69) is 37.8 Å². The fraction of sp³-hybridized carbons (Fsp3) is 0.450. The second-order valence-electron chi connectivity index (χ2n) is 7.58. The summed E-state index contributed by atoms with van der Waals surface area (Å²) in [5.41, 5.74) is 1.27. The second-order valence-corrected chi connectivity index (χ2v) is 7.58. The molecule has 0 aliphatic carbocycles. The molecular formula is C20H25NO3. The molecule has 1 aliphatic heterocycles. The number of furan rings is 1. The Kier molecular flexibility index (Phi) is 4.76. The van der Waals surface area contributed by atoms with Gasteiger partial charge in [-0.2, -0.15) is 0 Å². The van der Waals surface area contributed by atoms with Gasteiger partial charge in [0.25, 0.3) is 0 Å². The molecule has 128 valence electrons. The maximum atomic E-state index is 12.0. The molecule has 0 amide bonds. The highest BCUT2D eigenvalue weighted by molar-refractivity contribution is 5.72. The van der Waals surface area contributed by atoms with Crippen molar-refractivity contribution < 1.29 is 13.9 Å². The lowest BCUT2D eigenvalue weighted by atomic mass is 9.85. The molecule has 0 N–H and O–H groups in total. The van der Waals surface area contributed by atoms with Gasteiger partial charge in [-0.15, -0.1) is 0 Å². The molecule has 24 heavy (non-hydrogen) atoms. The van der Waals surface area contributed by atoms with Crippen molar-refractivity contribution in [1.29, 1.82) is 0 Å². The maximum Gasteiger partial charge on any atom is 0.320 e. The molecule has 0 saturated carbocycles. The topological polar surface area (TPSA) is 42.7 Å². The van der Waals surface area contributed by atoms with Gasteiger partial charge in [-0.3, -0.25) is 9.69 Å². The van der Waals surface area contributed by atoms with E-state index in [-0.39, 0.29) is 30.0 Å². The largest absolute Gasteiger partial charge is 0.468 e. The standard InChI is InChI=1S/C20H25NO3/c1-20(2,3)12-16(18-10-7-11-23-18)21-13-19(22)24-14-17(21)15-8-5-4-6-9-15/h4-11,16-17H,12-14H2,1-3H3/t16-,17-/m1/s1. The summed E-state index contributed by atoms with van der Waals surface area (Å²) in [4.78, 5) is 14.2. The number of rotatable bonds is 4. The third kappa shape index (κ3) is 3.88. The Labute approximate surface area is 143 Å². The molecular weight excluding hydrogens is 302 g/mol.